The monoisotopic (exact) mass is 285 g/mol. The molecule has 0 spiro atoms. The van der Waals surface area contributed by atoms with Crippen molar-refractivity contribution in [1.82, 2.24) is 4.72 Å². The Morgan fingerprint density at radius 1 is 1.32 bits per heavy atom. The van der Waals surface area contributed by atoms with Crippen LogP contribution in [0.5, 0.6) is 0 Å². The van der Waals surface area contributed by atoms with Crippen molar-refractivity contribution in [2.24, 2.45) is 5.92 Å². The summed E-state index contributed by atoms with van der Waals surface area (Å²) < 4.78 is 25.9. The first-order chi connectivity index (χ1) is 8.89. The van der Waals surface area contributed by atoms with E-state index in [1.807, 2.05) is 30.3 Å². The fraction of sp³-hybridized carbons (Fsp3) is 0.462. The number of carbonyl (C=O) groups is 1. The number of aliphatic carboxylic acids is 1. The van der Waals surface area contributed by atoms with Crippen LogP contribution in [0, 0.1) is 5.92 Å². The van der Waals surface area contributed by atoms with Gasteiger partial charge in [-0.25, -0.2) is 13.1 Å². The van der Waals surface area contributed by atoms with E-state index in [1.165, 1.54) is 0 Å². The zero-order chi connectivity index (χ0) is 14.3. The van der Waals surface area contributed by atoms with Crippen LogP contribution in [0.15, 0.2) is 30.3 Å². The van der Waals surface area contributed by atoms with E-state index in [2.05, 4.69) is 4.72 Å². The second-order valence-electron chi connectivity index (χ2n) is 4.61. The van der Waals surface area contributed by atoms with Crippen LogP contribution in [0.1, 0.15) is 18.9 Å². The van der Waals surface area contributed by atoms with Gasteiger partial charge in [-0.3, -0.25) is 4.79 Å². The molecule has 19 heavy (non-hydrogen) atoms. The van der Waals surface area contributed by atoms with Gasteiger partial charge >= 0.3 is 5.97 Å². The molecule has 0 aliphatic rings. The number of hydrogen-bond acceptors (Lipinski definition) is 3. The SMILES string of the molecule is CC(CNS(=O)(=O)CCc1ccccc1)CC(=O)O. The van der Waals surface area contributed by atoms with Crippen LogP contribution >= 0.6 is 0 Å². The highest BCUT2D eigenvalue weighted by atomic mass is 32.2. The molecule has 1 rings (SSSR count). The molecule has 0 aliphatic carbocycles. The van der Waals surface area contributed by atoms with Crippen molar-refractivity contribution in [1.29, 1.82) is 0 Å². The summed E-state index contributed by atoms with van der Waals surface area (Å²) in [5, 5.41) is 8.59. The topological polar surface area (TPSA) is 83.5 Å². The number of carboxylic acids is 1. The van der Waals surface area contributed by atoms with Gasteiger partial charge in [-0.2, -0.15) is 0 Å². The lowest BCUT2D eigenvalue weighted by Crippen LogP contribution is -2.31. The molecule has 1 aromatic rings. The molecule has 0 radical (unpaired) electrons. The first kappa shape index (κ1) is 15.7. The van der Waals surface area contributed by atoms with E-state index in [0.29, 0.717) is 6.42 Å². The lowest BCUT2D eigenvalue weighted by atomic mass is 10.1. The van der Waals surface area contributed by atoms with E-state index in [4.69, 9.17) is 5.11 Å². The molecule has 0 saturated carbocycles. The highest BCUT2D eigenvalue weighted by molar-refractivity contribution is 7.89. The molecule has 5 nitrogen and oxygen atoms in total. The summed E-state index contributed by atoms with van der Waals surface area (Å²) >= 11 is 0. The first-order valence-electron chi connectivity index (χ1n) is 6.12. The van der Waals surface area contributed by atoms with Gasteiger partial charge in [0.1, 0.15) is 0 Å². The summed E-state index contributed by atoms with van der Waals surface area (Å²) in [7, 11) is -3.35. The largest absolute Gasteiger partial charge is 0.481 e. The molecule has 2 N–H and O–H groups in total. The fourth-order valence-electron chi connectivity index (χ4n) is 1.61. The number of benzene rings is 1. The lowest BCUT2D eigenvalue weighted by molar-refractivity contribution is -0.137. The van der Waals surface area contributed by atoms with E-state index in [0.717, 1.165) is 5.56 Å². The van der Waals surface area contributed by atoms with Crippen molar-refractivity contribution >= 4 is 16.0 Å². The van der Waals surface area contributed by atoms with Crippen molar-refractivity contribution in [3.8, 4) is 0 Å². The van der Waals surface area contributed by atoms with E-state index >= 15 is 0 Å². The predicted octanol–water partition coefficient (Wildman–Crippen LogP) is 1.26. The molecule has 106 valence electrons. The van der Waals surface area contributed by atoms with Crippen LogP contribution in [-0.4, -0.2) is 31.8 Å². The Morgan fingerprint density at radius 3 is 2.53 bits per heavy atom. The maximum atomic E-state index is 11.7. The summed E-state index contributed by atoms with van der Waals surface area (Å²) in [6.45, 7) is 1.86. The van der Waals surface area contributed by atoms with E-state index in [1.54, 1.807) is 6.92 Å². The average Bonchev–Trinajstić information content (AvgIpc) is 2.35. The zero-order valence-corrected chi connectivity index (χ0v) is 11.7. The molecule has 0 fully saturated rings. The van der Waals surface area contributed by atoms with E-state index < -0.39 is 16.0 Å². The van der Waals surface area contributed by atoms with Crippen molar-refractivity contribution in [3.63, 3.8) is 0 Å². The molecular formula is C13H19NO4S. The molecule has 0 heterocycles. The lowest BCUT2D eigenvalue weighted by Gasteiger charge is -2.11. The van der Waals surface area contributed by atoms with Gasteiger partial charge in [0.05, 0.1) is 5.75 Å². The van der Waals surface area contributed by atoms with Crippen molar-refractivity contribution in [3.05, 3.63) is 35.9 Å². The van der Waals surface area contributed by atoms with Gasteiger partial charge in [-0.15, -0.1) is 0 Å². The van der Waals surface area contributed by atoms with Gasteiger partial charge in [0, 0.05) is 13.0 Å². The van der Waals surface area contributed by atoms with Crippen LogP contribution in [0.2, 0.25) is 0 Å². The van der Waals surface area contributed by atoms with Gasteiger partial charge in [0.15, 0.2) is 0 Å². The standard InChI is InChI=1S/C13H19NO4S/c1-11(9-13(15)16)10-14-19(17,18)8-7-12-5-3-2-4-6-12/h2-6,11,14H,7-10H2,1H3,(H,15,16). The third kappa shape index (κ3) is 6.93. The molecule has 0 bridgehead atoms. The Morgan fingerprint density at radius 2 is 1.95 bits per heavy atom. The number of nitrogens with one attached hydrogen (secondary N) is 1. The van der Waals surface area contributed by atoms with Gasteiger partial charge in [-0.05, 0) is 17.9 Å². The Hall–Kier alpha value is -1.40. The van der Waals surface area contributed by atoms with Gasteiger partial charge < -0.3 is 5.11 Å². The van der Waals surface area contributed by atoms with Crippen LogP contribution in [-0.2, 0) is 21.2 Å². The molecule has 6 heteroatoms. The van der Waals surface area contributed by atoms with E-state index in [-0.39, 0.29) is 24.6 Å². The quantitative estimate of drug-likeness (QED) is 0.753. The summed E-state index contributed by atoms with van der Waals surface area (Å²) in [6, 6.07) is 9.36. The maximum Gasteiger partial charge on any atom is 0.303 e. The van der Waals surface area contributed by atoms with Crippen LogP contribution in [0.4, 0.5) is 0 Å². The molecule has 1 aromatic carbocycles. The number of hydrogen-bond donors (Lipinski definition) is 2. The predicted molar refractivity (Wildman–Crippen MR) is 73.4 cm³/mol. The number of sulfonamides is 1. The molecule has 0 aromatic heterocycles. The molecule has 0 amide bonds. The normalized spacial score (nSPS) is 13.1. The van der Waals surface area contributed by atoms with Gasteiger partial charge in [-0.1, -0.05) is 37.3 Å². The Kier molecular flexibility index (Phi) is 5.98. The first-order valence-corrected chi connectivity index (χ1v) is 7.77. The number of rotatable bonds is 8. The second kappa shape index (κ2) is 7.25. The smallest absolute Gasteiger partial charge is 0.303 e. The molecule has 0 aliphatic heterocycles. The second-order valence-corrected chi connectivity index (χ2v) is 6.53. The van der Waals surface area contributed by atoms with Crippen molar-refractivity contribution in [2.75, 3.05) is 12.3 Å². The van der Waals surface area contributed by atoms with E-state index in [9.17, 15) is 13.2 Å². The highest BCUT2D eigenvalue weighted by Gasteiger charge is 2.14. The van der Waals surface area contributed by atoms with Crippen molar-refractivity contribution < 1.29 is 18.3 Å². The third-order valence-corrected chi connectivity index (χ3v) is 4.03. The maximum absolute atomic E-state index is 11.7. The molecule has 1 atom stereocenters. The van der Waals surface area contributed by atoms with Crippen LogP contribution in [0.3, 0.4) is 0 Å². The van der Waals surface area contributed by atoms with Crippen molar-refractivity contribution in [2.45, 2.75) is 19.8 Å². The summed E-state index contributed by atoms with van der Waals surface area (Å²) in [5.41, 5.74) is 0.964. The van der Waals surface area contributed by atoms with Crippen LogP contribution in [0.25, 0.3) is 0 Å². The number of carboxylic acid groups (broad SMARTS) is 1. The Balaban J connectivity index is 2.38. The summed E-state index contributed by atoms with van der Waals surface area (Å²) in [5.74, 6) is -1.13. The Bertz CT molecular complexity index is 499. The van der Waals surface area contributed by atoms with Crippen LogP contribution < -0.4 is 4.72 Å². The summed E-state index contributed by atoms with van der Waals surface area (Å²) in [4.78, 5) is 10.5. The molecular weight excluding hydrogens is 266 g/mol. The molecule has 1 unspecified atom stereocenters. The molecule has 0 saturated heterocycles. The minimum Gasteiger partial charge on any atom is -0.481 e. The van der Waals surface area contributed by atoms with Gasteiger partial charge in [0.2, 0.25) is 10.0 Å². The van der Waals surface area contributed by atoms with Gasteiger partial charge in [0.25, 0.3) is 0 Å². The zero-order valence-electron chi connectivity index (χ0n) is 10.9. The average molecular weight is 285 g/mol. The highest BCUT2D eigenvalue weighted by Crippen LogP contribution is 2.03. The third-order valence-electron chi connectivity index (χ3n) is 2.68. The number of aryl methyl sites for hydroxylation is 1. The minimum absolute atomic E-state index is 0.0107. The fourth-order valence-corrected chi connectivity index (χ4v) is 2.80. The minimum atomic E-state index is -3.35. The Labute approximate surface area is 113 Å². The summed E-state index contributed by atoms with van der Waals surface area (Å²) in [6.07, 6.45) is 0.407.